The fourth-order valence-electron chi connectivity index (χ4n) is 1.11. The lowest BCUT2D eigenvalue weighted by Gasteiger charge is -2.00. The van der Waals surface area contributed by atoms with Gasteiger partial charge in [-0.05, 0) is 24.3 Å². The number of phenols is 1. The average molecular weight is 163 g/mol. The maximum absolute atomic E-state index is 9.02. The van der Waals surface area contributed by atoms with Gasteiger partial charge in [0.2, 0.25) is 5.90 Å². The summed E-state index contributed by atoms with van der Waals surface area (Å²) in [5.41, 5.74) is 0.922. The molecule has 0 unspecified atom stereocenters. The second-order valence-electron chi connectivity index (χ2n) is 2.58. The lowest BCUT2D eigenvalue weighted by atomic mass is 10.2. The zero-order chi connectivity index (χ0) is 8.39. The number of ether oxygens (including phenoxy) is 1. The number of rotatable bonds is 1. The highest BCUT2D eigenvalue weighted by molar-refractivity contribution is 5.94. The van der Waals surface area contributed by atoms with Crippen molar-refractivity contribution in [3.63, 3.8) is 0 Å². The largest absolute Gasteiger partial charge is 0.508 e. The van der Waals surface area contributed by atoms with Crippen molar-refractivity contribution >= 4 is 5.90 Å². The Labute approximate surface area is 70.3 Å². The Bertz CT molecular complexity index is 303. The first-order valence-corrected chi connectivity index (χ1v) is 3.83. The van der Waals surface area contributed by atoms with Crippen LogP contribution in [0, 0.1) is 0 Å². The molecule has 3 nitrogen and oxygen atoms in total. The first kappa shape index (κ1) is 7.16. The second kappa shape index (κ2) is 2.85. The summed E-state index contributed by atoms with van der Waals surface area (Å²) in [6, 6.07) is 6.83. The molecule has 1 aromatic rings. The highest BCUT2D eigenvalue weighted by Crippen LogP contribution is 2.12. The zero-order valence-electron chi connectivity index (χ0n) is 6.53. The summed E-state index contributed by atoms with van der Waals surface area (Å²) in [6.45, 7) is 1.40. The van der Waals surface area contributed by atoms with Crippen LogP contribution >= 0.6 is 0 Å². The fraction of sp³-hybridized carbons (Fsp3) is 0.222. The maximum Gasteiger partial charge on any atom is 0.216 e. The van der Waals surface area contributed by atoms with Crippen molar-refractivity contribution in [3.05, 3.63) is 29.8 Å². The van der Waals surface area contributed by atoms with E-state index in [-0.39, 0.29) is 5.75 Å². The number of benzene rings is 1. The molecule has 2 rings (SSSR count). The van der Waals surface area contributed by atoms with Crippen LogP contribution in [0.3, 0.4) is 0 Å². The monoisotopic (exact) mass is 163 g/mol. The van der Waals surface area contributed by atoms with Crippen molar-refractivity contribution in [2.24, 2.45) is 4.99 Å². The van der Waals surface area contributed by atoms with Crippen LogP contribution in [0.2, 0.25) is 0 Å². The van der Waals surface area contributed by atoms with Crippen molar-refractivity contribution in [3.8, 4) is 5.75 Å². The molecule has 0 aliphatic carbocycles. The Hall–Kier alpha value is -1.51. The van der Waals surface area contributed by atoms with E-state index in [4.69, 9.17) is 9.84 Å². The highest BCUT2D eigenvalue weighted by Gasteiger charge is 2.08. The van der Waals surface area contributed by atoms with E-state index in [1.807, 2.05) is 0 Å². The van der Waals surface area contributed by atoms with Gasteiger partial charge in [-0.15, -0.1) is 0 Å². The topological polar surface area (TPSA) is 41.8 Å². The molecule has 12 heavy (non-hydrogen) atoms. The van der Waals surface area contributed by atoms with E-state index in [1.54, 1.807) is 24.3 Å². The predicted octanol–water partition coefficient (Wildman–Crippen LogP) is 1.17. The smallest absolute Gasteiger partial charge is 0.216 e. The second-order valence-corrected chi connectivity index (χ2v) is 2.58. The molecule has 0 radical (unpaired) electrons. The third kappa shape index (κ3) is 1.25. The lowest BCUT2D eigenvalue weighted by molar-refractivity contribution is 0.348. The Balaban J connectivity index is 2.28. The normalized spacial score (nSPS) is 15.5. The van der Waals surface area contributed by atoms with Gasteiger partial charge in [-0.25, -0.2) is 4.99 Å². The van der Waals surface area contributed by atoms with Gasteiger partial charge in [-0.2, -0.15) is 0 Å². The highest BCUT2D eigenvalue weighted by atomic mass is 16.5. The third-order valence-electron chi connectivity index (χ3n) is 1.70. The molecule has 0 saturated heterocycles. The van der Waals surface area contributed by atoms with Gasteiger partial charge in [0.1, 0.15) is 12.4 Å². The molecule has 0 atom stereocenters. The summed E-state index contributed by atoms with van der Waals surface area (Å²) < 4.78 is 5.25. The molecule has 62 valence electrons. The first-order valence-electron chi connectivity index (χ1n) is 3.83. The van der Waals surface area contributed by atoms with Crippen molar-refractivity contribution in [1.82, 2.24) is 0 Å². The van der Waals surface area contributed by atoms with Gasteiger partial charge in [0, 0.05) is 5.56 Å². The number of hydrogen-bond donors (Lipinski definition) is 1. The van der Waals surface area contributed by atoms with Crippen molar-refractivity contribution in [2.75, 3.05) is 13.2 Å². The zero-order valence-corrected chi connectivity index (χ0v) is 6.53. The lowest BCUT2D eigenvalue weighted by Crippen LogP contribution is -1.99. The Kier molecular flexibility index (Phi) is 1.70. The summed E-state index contributed by atoms with van der Waals surface area (Å²) >= 11 is 0. The molecule has 0 aromatic heterocycles. The molecule has 1 aliphatic heterocycles. The Morgan fingerprint density at radius 2 is 2.00 bits per heavy atom. The Morgan fingerprint density at radius 1 is 1.25 bits per heavy atom. The van der Waals surface area contributed by atoms with Crippen LogP contribution in [0.4, 0.5) is 0 Å². The molecule has 1 aromatic carbocycles. The molecular formula is C9H9NO2. The van der Waals surface area contributed by atoms with Crippen LogP contribution in [-0.2, 0) is 4.74 Å². The molecule has 1 aliphatic rings. The molecule has 0 amide bonds. The van der Waals surface area contributed by atoms with Crippen LogP contribution in [0.1, 0.15) is 5.56 Å². The van der Waals surface area contributed by atoms with Crippen LogP contribution < -0.4 is 0 Å². The van der Waals surface area contributed by atoms with Crippen molar-refractivity contribution < 1.29 is 9.84 Å². The quantitative estimate of drug-likeness (QED) is 0.675. The standard InChI is InChI=1S/C9H9NO2/c11-8-3-1-7(2-4-8)9-10-5-6-12-9/h1-4,11H,5-6H2. The molecule has 0 bridgehead atoms. The van der Waals surface area contributed by atoms with E-state index in [9.17, 15) is 0 Å². The molecular weight excluding hydrogens is 154 g/mol. The minimum atomic E-state index is 0.261. The summed E-state index contributed by atoms with van der Waals surface area (Å²) in [6.07, 6.45) is 0. The predicted molar refractivity (Wildman–Crippen MR) is 45.5 cm³/mol. The van der Waals surface area contributed by atoms with Crippen LogP contribution in [0.25, 0.3) is 0 Å². The summed E-state index contributed by atoms with van der Waals surface area (Å²) in [7, 11) is 0. The molecule has 0 spiro atoms. The molecule has 0 fully saturated rings. The number of phenolic OH excluding ortho intramolecular Hbond substituents is 1. The minimum absolute atomic E-state index is 0.261. The van der Waals surface area contributed by atoms with Gasteiger partial charge in [0.05, 0.1) is 6.54 Å². The minimum Gasteiger partial charge on any atom is -0.508 e. The van der Waals surface area contributed by atoms with E-state index in [0.717, 1.165) is 12.1 Å². The third-order valence-corrected chi connectivity index (χ3v) is 1.70. The van der Waals surface area contributed by atoms with Crippen LogP contribution in [0.15, 0.2) is 29.3 Å². The number of aliphatic imine (C=N–C) groups is 1. The van der Waals surface area contributed by atoms with Gasteiger partial charge in [-0.3, -0.25) is 0 Å². The van der Waals surface area contributed by atoms with E-state index in [1.165, 1.54) is 0 Å². The van der Waals surface area contributed by atoms with E-state index in [0.29, 0.717) is 12.5 Å². The van der Waals surface area contributed by atoms with Gasteiger partial charge in [0.15, 0.2) is 0 Å². The Morgan fingerprint density at radius 3 is 2.58 bits per heavy atom. The number of nitrogens with zero attached hydrogens (tertiary/aromatic N) is 1. The molecule has 1 heterocycles. The molecule has 3 heteroatoms. The summed E-state index contributed by atoms with van der Waals surface area (Å²) in [5, 5.41) is 9.02. The van der Waals surface area contributed by atoms with Crippen LogP contribution in [-0.4, -0.2) is 24.2 Å². The number of aromatic hydroxyl groups is 1. The van der Waals surface area contributed by atoms with Gasteiger partial charge in [0.25, 0.3) is 0 Å². The van der Waals surface area contributed by atoms with Gasteiger partial charge in [-0.1, -0.05) is 0 Å². The number of hydrogen-bond acceptors (Lipinski definition) is 3. The SMILES string of the molecule is Oc1ccc(C2=NCCO2)cc1. The molecule has 0 saturated carbocycles. The van der Waals surface area contributed by atoms with E-state index >= 15 is 0 Å². The van der Waals surface area contributed by atoms with Gasteiger partial charge < -0.3 is 9.84 Å². The average Bonchev–Trinajstić information content (AvgIpc) is 2.58. The van der Waals surface area contributed by atoms with Gasteiger partial charge >= 0.3 is 0 Å². The van der Waals surface area contributed by atoms with Crippen LogP contribution in [0.5, 0.6) is 5.75 Å². The fourth-order valence-corrected chi connectivity index (χ4v) is 1.11. The van der Waals surface area contributed by atoms with E-state index in [2.05, 4.69) is 4.99 Å². The molecule has 1 N–H and O–H groups in total. The summed E-state index contributed by atoms with van der Waals surface area (Å²) in [5.74, 6) is 0.937. The first-order chi connectivity index (χ1) is 5.86. The van der Waals surface area contributed by atoms with E-state index < -0.39 is 0 Å². The summed E-state index contributed by atoms with van der Waals surface area (Å²) in [4.78, 5) is 4.15. The van der Waals surface area contributed by atoms with Crippen molar-refractivity contribution in [2.45, 2.75) is 0 Å². The van der Waals surface area contributed by atoms with Crippen molar-refractivity contribution in [1.29, 1.82) is 0 Å². The maximum atomic E-state index is 9.02.